The number of amides is 1. The molecule has 0 spiro atoms. The number of carbonyl (C=O) groups is 1. The van der Waals surface area contributed by atoms with Crippen LogP contribution in [0, 0.1) is 13.8 Å². The number of hydrogen-bond acceptors (Lipinski definition) is 3. The topological polar surface area (TPSA) is 47.6 Å². The second-order valence-corrected chi connectivity index (χ2v) is 8.21. The lowest BCUT2D eigenvalue weighted by Gasteiger charge is -2.23. The highest BCUT2D eigenvalue weighted by Crippen LogP contribution is 2.28. The number of anilines is 3. The van der Waals surface area contributed by atoms with Crippen molar-refractivity contribution in [1.29, 1.82) is 0 Å². The third kappa shape index (κ3) is 5.72. The molecule has 1 heterocycles. The molecule has 1 fully saturated rings. The number of aryl methyl sites for hydroxylation is 2. The molecule has 1 aliphatic rings. The van der Waals surface area contributed by atoms with E-state index in [1.165, 1.54) is 11.3 Å². The van der Waals surface area contributed by atoms with Gasteiger partial charge in [-0.25, -0.2) is 0 Å². The molecule has 1 aliphatic heterocycles. The molecule has 0 atom stereocenters. The van der Waals surface area contributed by atoms with Gasteiger partial charge in [0, 0.05) is 49.7 Å². The molecular weight excluding hydrogens is 392 g/mol. The Labute approximate surface area is 185 Å². The Morgan fingerprint density at radius 3 is 2.60 bits per heavy atom. The van der Waals surface area contributed by atoms with Gasteiger partial charge >= 0.3 is 0 Å². The van der Waals surface area contributed by atoms with Crippen molar-refractivity contribution >= 4 is 40.3 Å². The van der Waals surface area contributed by atoms with Crippen molar-refractivity contribution in [3.63, 3.8) is 0 Å². The summed E-state index contributed by atoms with van der Waals surface area (Å²) in [6, 6.07) is 14.7. The van der Waals surface area contributed by atoms with Crippen LogP contribution >= 0.6 is 12.2 Å². The second kappa shape index (κ2) is 10.4. The molecule has 5 nitrogen and oxygen atoms in total. The Hall–Kier alpha value is -2.60. The van der Waals surface area contributed by atoms with Gasteiger partial charge in [0.15, 0.2) is 5.11 Å². The molecule has 3 rings (SSSR count). The summed E-state index contributed by atoms with van der Waals surface area (Å²) < 4.78 is 0. The van der Waals surface area contributed by atoms with Crippen LogP contribution in [-0.4, -0.2) is 37.2 Å². The van der Waals surface area contributed by atoms with Gasteiger partial charge in [-0.3, -0.25) is 4.79 Å². The highest BCUT2D eigenvalue weighted by molar-refractivity contribution is 7.80. The largest absolute Gasteiger partial charge is 0.372 e. The summed E-state index contributed by atoms with van der Waals surface area (Å²) >= 11 is 5.47. The first-order valence-corrected chi connectivity index (χ1v) is 11.2. The van der Waals surface area contributed by atoms with E-state index < -0.39 is 0 Å². The molecule has 0 radical (unpaired) electrons. The van der Waals surface area contributed by atoms with E-state index in [-0.39, 0.29) is 5.91 Å². The van der Waals surface area contributed by atoms with E-state index in [9.17, 15) is 4.79 Å². The normalized spacial score (nSPS) is 13.4. The maximum atomic E-state index is 12.1. The molecule has 2 N–H and O–H groups in total. The zero-order chi connectivity index (χ0) is 21.5. The lowest BCUT2D eigenvalue weighted by Crippen LogP contribution is -2.32. The van der Waals surface area contributed by atoms with Crippen LogP contribution in [0.4, 0.5) is 17.1 Å². The zero-order valence-electron chi connectivity index (χ0n) is 18.2. The fourth-order valence-corrected chi connectivity index (χ4v) is 3.97. The number of thiocarbonyl (C=S) groups is 1. The van der Waals surface area contributed by atoms with Crippen LogP contribution in [0.25, 0.3) is 0 Å². The summed E-state index contributed by atoms with van der Waals surface area (Å²) in [6.07, 6.45) is 2.55. The SMILES string of the molecule is CCN(CCCNC(=S)Nc1ccc(C)c(N2CCCC2=O)c1)c1ccc(C)cc1. The van der Waals surface area contributed by atoms with Crippen LogP contribution in [0.3, 0.4) is 0 Å². The second-order valence-electron chi connectivity index (χ2n) is 7.80. The fraction of sp³-hybridized carbons (Fsp3) is 0.417. The number of carbonyl (C=O) groups excluding carboxylic acids is 1. The molecular formula is C24H32N4OS. The van der Waals surface area contributed by atoms with E-state index in [4.69, 9.17) is 12.2 Å². The predicted molar refractivity (Wildman–Crippen MR) is 131 cm³/mol. The maximum Gasteiger partial charge on any atom is 0.227 e. The van der Waals surface area contributed by atoms with Gasteiger partial charge < -0.3 is 20.4 Å². The molecule has 0 unspecified atom stereocenters. The van der Waals surface area contributed by atoms with Gasteiger partial charge in [-0.05, 0) is 75.7 Å². The number of nitrogens with one attached hydrogen (secondary N) is 2. The van der Waals surface area contributed by atoms with E-state index in [0.29, 0.717) is 11.5 Å². The Morgan fingerprint density at radius 1 is 1.17 bits per heavy atom. The Balaban J connectivity index is 1.47. The van der Waals surface area contributed by atoms with E-state index in [0.717, 1.165) is 56.0 Å². The van der Waals surface area contributed by atoms with Crippen LogP contribution in [0.5, 0.6) is 0 Å². The highest BCUT2D eigenvalue weighted by Gasteiger charge is 2.23. The summed E-state index contributed by atoms with van der Waals surface area (Å²) in [6.45, 7) is 9.87. The van der Waals surface area contributed by atoms with Crippen LogP contribution in [0.1, 0.15) is 37.3 Å². The van der Waals surface area contributed by atoms with Gasteiger partial charge in [-0.1, -0.05) is 23.8 Å². The van der Waals surface area contributed by atoms with Crippen molar-refractivity contribution in [2.75, 3.05) is 41.3 Å². The molecule has 2 aromatic carbocycles. The molecule has 0 saturated carbocycles. The third-order valence-electron chi connectivity index (χ3n) is 5.50. The summed E-state index contributed by atoms with van der Waals surface area (Å²) in [5.41, 5.74) is 5.52. The van der Waals surface area contributed by atoms with Crippen molar-refractivity contribution in [3.05, 3.63) is 53.6 Å². The van der Waals surface area contributed by atoms with Crippen molar-refractivity contribution < 1.29 is 4.79 Å². The third-order valence-corrected chi connectivity index (χ3v) is 5.75. The van der Waals surface area contributed by atoms with Gasteiger partial charge in [0.05, 0.1) is 0 Å². The van der Waals surface area contributed by atoms with E-state index >= 15 is 0 Å². The Bertz CT molecular complexity index is 881. The summed E-state index contributed by atoms with van der Waals surface area (Å²) in [5.74, 6) is 0.199. The predicted octanol–water partition coefficient (Wildman–Crippen LogP) is 4.63. The fourth-order valence-electron chi connectivity index (χ4n) is 3.75. The van der Waals surface area contributed by atoms with Crippen LogP contribution in [-0.2, 0) is 4.79 Å². The summed E-state index contributed by atoms with van der Waals surface area (Å²) in [5, 5.41) is 7.16. The smallest absolute Gasteiger partial charge is 0.227 e. The quantitative estimate of drug-likeness (QED) is 0.478. The lowest BCUT2D eigenvalue weighted by atomic mass is 10.1. The minimum atomic E-state index is 0.199. The number of nitrogens with zero attached hydrogens (tertiary/aromatic N) is 2. The minimum absolute atomic E-state index is 0.199. The van der Waals surface area contributed by atoms with Gasteiger partial charge in [0.1, 0.15) is 0 Å². The van der Waals surface area contributed by atoms with E-state index in [1.807, 2.05) is 30.0 Å². The Morgan fingerprint density at radius 2 is 1.93 bits per heavy atom. The van der Waals surface area contributed by atoms with Crippen LogP contribution in [0.15, 0.2) is 42.5 Å². The average Bonchev–Trinajstić information content (AvgIpc) is 3.16. The monoisotopic (exact) mass is 424 g/mol. The minimum Gasteiger partial charge on any atom is -0.372 e. The maximum absolute atomic E-state index is 12.1. The Kier molecular flexibility index (Phi) is 7.69. The lowest BCUT2D eigenvalue weighted by molar-refractivity contribution is -0.117. The number of benzene rings is 2. The molecule has 160 valence electrons. The molecule has 1 amide bonds. The summed E-state index contributed by atoms with van der Waals surface area (Å²) in [4.78, 5) is 16.3. The van der Waals surface area contributed by atoms with Crippen LogP contribution in [0.2, 0.25) is 0 Å². The number of hydrogen-bond donors (Lipinski definition) is 2. The summed E-state index contributed by atoms with van der Waals surface area (Å²) in [7, 11) is 0. The molecule has 6 heteroatoms. The van der Waals surface area contributed by atoms with Crippen molar-refractivity contribution in [2.24, 2.45) is 0 Å². The van der Waals surface area contributed by atoms with Gasteiger partial charge in [-0.15, -0.1) is 0 Å². The first-order valence-electron chi connectivity index (χ1n) is 10.8. The standard InChI is InChI=1S/C24H32N4OS/c1-4-27(21-12-8-18(2)9-13-21)15-6-14-25-24(30)26-20-11-10-19(3)22(17-20)28-16-5-7-23(28)29/h8-13,17H,4-7,14-16H2,1-3H3,(H2,25,26,30). The van der Waals surface area contributed by atoms with Gasteiger partial charge in [-0.2, -0.15) is 0 Å². The molecule has 30 heavy (non-hydrogen) atoms. The van der Waals surface area contributed by atoms with Crippen molar-refractivity contribution in [1.82, 2.24) is 5.32 Å². The number of rotatable bonds is 8. The van der Waals surface area contributed by atoms with Crippen molar-refractivity contribution in [3.8, 4) is 0 Å². The first kappa shape index (κ1) is 22.1. The molecule has 1 saturated heterocycles. The molecule has 0 aromatic heterocycles. The average molecular weight is 425 g/mol. The molecule has 2 aromatic rings. The zero-order valence-corrected chi connectivity index (χ0v) is 19.0. The van der Waals surface area contributed by atoms with Gasteiger partial charge in [0.2, 0.25) is 5.91 Å². The van der Waals surface area contributed by atoms with Gasteiger partial charge in [0.25, 0.3) is 0 Å². The van der Waals surface area contributed by atoms with Crippen molar-refractivity contribution in [2.45, 2.75) is 40.0 Å². The van der Waals surface area contributed by atoms with E-state index in [2.05, 4.69) is 53.6 Å². The first-order chi connectivity index (χ1) is 14.5. The highest BCUT2D eigenvalue weighted by atomic mass is 32.1. The molecule has 0 aliphatic carbocycles. The molecule has 0 bridgehead atoms. The van der Waals surface area contributed by atoms with Crippen LogP contribution < -0.4 is 20.4 Å². The van der Waals surface area contributed by atoms with E-state index in [1.54, 1.807) is 0 Å².